The SMILES string of the molecule is CN1C[C@@H]2CN(c3ccc(B4OC(C)(C)C(C)(C)O4)cn3)C[C@H]2C1. The molecule has 3 aliphatic rings. The first-order valence-electron chi connectivity index (χ1n) is 9.00. The predicted octanol–water partition coefficient (Wildman–Crippen LogP) is 1.38. The highest BCUT2D eigenvalue weighted by atomic mass is 16.7. The summed E-state index contributed by atoms with van der Waals surface area (Å²) in [6.07, 6.45) is 1.91. The number of nitrogens with zero attached hydrogens (tertiary/aromatic N) is 3. The van der Waals surface area contributed by atoms with E-state index in [9.17, 15) is 0 Å². The van der Waals surface area contributed by atoms with Crippen LogP contribution in [0.3, 0.4) is 0 Å². The third kappa shape index (κ3) is 2.65. The van der Waals surface area contributed by atoms with Gasteiger partial charge in [0.05, 0.1) is 11.2 Å². The number of likely N-dealkylation sites (tertiary alicyclic amines) is 1. The van der Waals surface area contributed by atoms with Crippen molar-refractivity contribution in [3.8, 4) is 0 Å². The van der Waals surface area contributed by atoms with E-state index >= 15 is 0 Å². The van der Waals surface area contributed by atoms with Crippen molar-refractivity contribution in [2.75, 3.05) is 38.1 Å². The van der Waals surface area contributed by atoms with Crippen LogP contribution >= 0.6 is 0 Å². The number of aromatic nitrogens is 1. The molecular formula is C18H28BN3O2. The molecule has 3 fully saturated rings. The van der Waals surface area contributed by atoms with Crippen LogP contribution < -0.4 is 10.4 Å². The summed E-state index contributed by atoms with van der Waals surface area (Å²) in [5.41, 5.74) is 0.375. The van der Waals surface area contributed by atoms with E-state index in [2.05, 4.69) is 56.7 Å². The number of anilines is 1. The zero-order valence-corrected chi connectivity index (χ0v) is 15.5. The van der Waals surface area contributed by atoms with Gasteiger partial charge < -0.3 is 19.1 Å². The van der Waals surface area contributed by atoms with Crippen LogP contribution in [0.4, 0.5) is 5.82 Å². The van der Waals surface area contributed by atoms with Crippen molar-refractivity contribution in [2.24, 2.45) is 11.8 Å². The van der Waals surface area contributed by atoms with Crippen molar-refractivity contribution >= 4 is 18.4 Å². The zero-order chi connectivity index (χ0) is 17.1. The Hall–Kier alpha value is -1.11. The fraction of sp³-hybridized carbons (Fsp3) is 0.722. The number of fused-ring (bicyclic) bond motifs is 1. The molecule has 4 rings (SSSR count). The van der Waals surface area contributed by atoms with E-state index in [1.807, 2.05) is 6.20 Å². The molecule has 0 aromatic carbocycles. The Morgan fingerprint density at radius 1 is 1.00 bits per heavy atom. The summed E-state index contributed by atoms with van der Waals surface area (Å²) in [5, 5.41) is 0. The number of hydrogen-bond donors (Lipinski definition) is 0. The second kappa shape index (κ2) is 5.45. The summed E-state index contributed by atoms with van der Waals surface area (Å²) in [6.45, 7) is 13.0. The van der Waals surface area contributed by atoms with E-state index in [0.717, 1.165) is 36.2 Å². The van der Waals surface area contributed by atoms with Crippen LogP contribution in [0.25, 0.3) is 0 Å². The van der Waals surface area contributed by atoms with Gasteiger partial charge in [-0.2, -0.15) is 0 Å². The molecule has 2 atom stereocenters. The average Bonchev–Trinajstić information content (AvgIpc) is 3.09. The van der Waals surface area contributed by atoms with Crippen molar-refractivity contribution < 1.29 is 9.31 Å². The topological polar surface area (TPSA) is 37.8 Å². The molecule has 1 aromatic heterocycles. The maximum absolute atomic E-state index is 6.11. The van der Waals surface area contributed by atoms with Crippen LogP contribution in [-0.2, 0) is 9.31 Å². The Kier molecular flexibility index (Phi) is 3.71. The Morgan fingerprint density at radius 2 is 1.58 bits per heavy atom. The normalized spacial score (nSPS) is 31.7. The maximum Gasteiger partial charge on any atom is 0.496 e. The molecule has 1 aromatic rings. The van der Waals surface area contributed by atoms with Crippen LogP contribution in [-0.4, -0.2) is 61.4 Å². The van der Waals surface area contributed by atoms with Gasteiger partial charge in [-0.15, -0.1) is 0 Å². The molecular weight excluding hydrogens is 301 g/mol. The van der Waals surface area contributed by atoms with E-state index in [1.165, 1.54) is 13.1 Å². The van der Waals surface area contributed by atoms with Gasteiger partial charge in [-0.3, -0.25) is 0 Å². The quantitative estimate of drug-likeness (QED) is 0.767. The van der Waals surface area contributed by atoms with Crippen molar-refractivity contribution in [1.82, 2.24) is 9.88 Å². The van der Waals surface area contributed by atoms with E-state index in [0.29, 0.717) is 0 Å². The van der Waals surface area contributed by atoms with Gasteiger partial charge in [0, 0.05) is 37.8 Å². The van der Waals surface area contributed by atoms with Crippen LogP contribution in [0, 0.1) is 11.8 Å². The highest BCUT2D eigenvalue weighted by Crippen LogP contribution is 2.36. The molecule has 4 heterocycles. The molecule has 0 saturated carbocycles. The maximum atomic E-state index is 6.11. The standard InChI is InChI=1S/C18H28BN3O2/c1-17(2)18(3,4)24-19(23-17)15-6-7-16(20-8-15)22-11-13-9-21(5)10-14(13)12-22/h6-8,13-14H,9-12H2,1-5H3/t13-,14-/m1/s1. The lowest BCUT2D eigenvalue weighted by molar-refractivity contribution is 0.00578. The first kappa shape index (κ1) is 16.4. The smallest absolute Gasteiger partial charge is 0.399 e. The Bertz CT molecular complexity index is 589. The highest BCUT2D eigenvalue weighted by molar-refractivity contribution is 6.62. The van der Waals surface area contributed by atoms with Crippen LogP contribution in [0.5, 0.6) is 0 Å². The third-order valence-corrected chi connectivity index (χ3v) is 6.29. The molecule has 0 spiro atoms. The van der Waals surface area contributed by atoms with Gasteiger partial charge in [0.1, 0.15) is 5.82 Å². The molecule has 0 amide bonds. The lowest BCUT2D eigenvalue weighted by Gasteiger charge is -2.32. The Balaban J connectivity index is 1.45. The minimum absolute atomic E-state index is 0.311. The first-order valence-corrected chi connectivity index (χ1v) is 9.00. The lowest BCUT2D eigenvalue weighted by atomic mass is 9.80. The molecule has 24 heavy (non-hydrogen) atoms. The number of pyridine rings is 1. The van der Waals surface area contributed by atoms with E-state index in [1.54, 1.807) is 0 Å². The summed E-state index contributed by atoms with van der Waals surface area (Å²) in [5.74, 6) is 2.66. The van der Waals surface area contributed by atoms with Crippen LogP contribution in [0.1, 0.15) is 27.7 Å². The monoisotopic (exact) mass is 329 g/mol. The lowest BCUT2D eigenvalue weighted by Crippen LogP contribution is -2.41. The molecule has 130 valence electrons. The van der Waals surface area contributed by atoms with Crippen LogP contribution in [0.15, 0.2) is 18.3 Å². The summed E-state index contributed by atoms with van der Waals surface area (Å²) >= 11 is 0. The Labute approximate surface area is 145 Å². The molecule has 3 saturated heterocycles. The van der Waals surface area contributed by atoms with Crippen molar-refractivity contribution in [3.63, 3.8) is 0 Å². The van der Waals surface area contributed by atoms with Gasteiger partial charge in [-0.25, -0.2) is 4.98 Å². The molecule has 0 aliphatic carbocycles. The molecule has 0 unspecified atom stereocenters. The van der Waals surface area contributed by atoms with E-state index in [4.69, 9.17) is 14.3 Å². The first-order chi connectivity index (χ1) is 11.2. The molecule has 3 aliphatic heterocycles. The largest absolute Gasteiger partial charge is 0.496 e. The molecule has 6 heteroatoms. The molecule has 0 bridgehead atoms. The fourth-order valence-corrected chi connectivity index (χ4v) is 4.12. The summed E-state index contributed by atoms with van der Waals surface area (Å²) in [7, 11) is 1.89. The van der Waals surface area contributed by atoms with Crippen molar-refractivity contribution in [3.05, 3.63) is 18.3 Å². The second-order valence-electron chi connectivity index (χ2n) is 8.68. The molecule has 0 N–H and O–H groups in total. The summed E-state index contributed by atoms with van der Waals surface area (Å²) in [4.78, 5) is 9.57. The van der Waals surface area contributed by atoms with E-state index in [-0.39, 0.29) is 18.3 Å². The minimum Gasteiger partial charge on any atom is -0.399 e. The van der Waals surface area contributed by atoms with Gasteiger partial charge in [0.25, 0.3) is 0 Å². The summed E-state index contributed by atoms with van der Waals surface area (Å²) in [6, 6.07) is 4.22. The summed E-state index contributed by atoms with van der Waals surface area (Å²) < 4.78 is 12.2. The van der Waals surface area contributed by atoms with Gasteiger partial charge >= 0.3 is 7.12 Å². The van der Waals surface area contributed by atoms with Crippen molar-refractivity contribution in [1.29, 1.82) is 0 Å². The number of hydrogen-bond acceptors (Lipinski definition) is 5. The molecule has 5 nitrogen and oxygen atoms in total. The molecule has 0 radical (unpaired) electrons. The van der Waals surface area contributed by atoms with Gasteiger partial charge in [0.2, 0.25) is 0 Å². The third-order valence-electron chi connectivity index (χ3n) is 6.29. The fourth-order valence-electron chi connectivity index (χ4n) is 4.12. The minimum atomic E-state index is -0.330. The van der Waals surface area contributed by atoms with Gasteiger partial charge in [-0.1, -0.05) is 6.07 Å². The average molecular weight is 329 g/mol. The Morgan fingerprint density at radius 3 is 2.08 bits per heavy atom. The van der Waals surface area contributed by atoms with Crippen LogP contribution in [0.2, 0.25) is 0 Å². The van der Waals surface area contributed by atoms with Gasteiger partial charge in [-0.05, 0) is 52.6 Å². The zero-order valence-electron chi connectivity index (χ0n) is 15.5. The number of rotatable bonds is 2. The van der Waals surface area contributed by atoms with E-state index < -0.39 is 0 Å². The second-order valence-corrected chi connectivity index (χ2v) is 8.68. The highest BCUT2D eigenvalue weighted by Gasteiger charge is 2.51. The van der Waals surface area contributed by atoms with Crippen molar-refractivity contribution in [2.45, 2.75) is 38.9 Å². The predicted molar refractivity (Wildman–Crippen MR) is 96.6 cm³/mol. The van der Waals surface area contributed by atoms with Gasteiger partial charge in [0.15, 0.2) is 0 Å².